The van der Waals surface area contributed by atoms with Gasteiger partial charge in [-0.1, -0.05) is 17.1 Å². The summed E-state index contributed by atoms with van der Waals surface area (Å²) in [5, 5.41) is 7.73. The zero-order valence-corrected chi connectivity index (χ0v) is 19.4. The van der Waals surface area contributed by atoms with Crippen LogP contribution in [0.15, 0.2) is 42.6 Å². The number of fused-ring (bicyclic) bond motifs is 4. The van der Waals surface area contributed by atoms with Crippen LogP contribution in [0.2, 0.25) is 0 Å². The van der Waals surface area contributed by atoms with Crippen molar-refractivity contribution < 1.29 is 18.2 Å². The molecule has 6 rings (SSSR count). The molecule has 0 saturated heterocycles. The number of carbonyl (C=O) groups excluding carboxylic acids is 1. The number of aromatic nitrogens is 3. The predicted octanol–water partition coefficient (Wildman–Crippen LogP) is 1.53. The van der Waals surface area contributed by atoms with Crippen LogP contribution in [0.4, 0.5) is 23.1 Å². The van der Waals surface area contributed by atoms with Crippen molar-refractivity contribution in [1.29, 1.82) is 0 Å². The number of nitrogens with two attached hydrogens (primary N) is 1. The molecule has 1 aromatic carbocycles. The first-order valence-electron chi connectivity index (χ1n) is 11.3. The highest BCUT2D eigenvalue weighted by molar-refractivity contribution is 7.92. The molecule has 6 N–H and O–H groups in total. The van der Waals surface area contributed by atoms with E-state index in [1.54, 1.807) is 0 Å². The van der Waals surface area contributed by atoms with E-state index in [4.69, 9.17) is 5.73 Å². The number of hydrogen-bond acceptors (Lipinski definition) is 6. The SMILES string of the molecule is CS(=O)(=O)N1CCc2cc(Nc3nc4[nH]ccc4c(NC4C5C=CC(C5)C4C(N)=O)[nH+]3)ccc21. The Hall–Kier alpha value is -3.60. The summed E-state index contributed by atoms with van der Waals surface area (Å²) in [6.45, 7) is 0.448. The minimum atomic E-state index is -3.29. The maximum absolute atomic E-state index is 12.2. The van der Waals surface area contributed by atoms with Crippen molar-refractivity contribution in [3.63, 3.8) is 0 Å². The largest absolute Gasteiger partial charge is 0.369 e. The summed E-state index contributed by atoms with van der Waals surface area (Å²) in [7, 11) is -3.29. The number of primary amides is 1. The Labute approximate surface area is 196 Å². The highest BCUT2D eigenvalue weighted by atomic mass is 32.2. The lowest BCUT2D eigenvalue weighted by atomic mass is 9.88. The van der Waals surface area contributed by atoms with Gasteiger partial charge in [-0.05, 0) is 48.6 Å². The summed E-state index contributed by atoms with van der Waals surface area (Å²) in [6.07, 6.45) is 8.90. The molecule has 3 heterocycles. The fraction of sp³-hybridized carbons (Fsp3) is 0.348. The van der Waals surface area contributed by atoms with E-state index in [0.717, 1.165) is 28.9 Å². The van der Waals surface area contributed by atoms with Gasteiger partial charge in [0, 0.05) is 18.7 Å². The number of hydrogen-bond donors (Lipinski definition) is 4. The molecule has 4 unspecified atom stereocenters. The summed E-state index contributed by atoms with van der Waals surface area (Å²) in [5.74, 6) is 1.17. The number of nitrogens with zero attached hydrogens (tertiary/aromatic N) is 2. The molecule has 2 aromatic heterocycles. The smallest absolute Gasteiger partial charge is 0.351 e. The van der Waals surface area contributed by atoms with E-state index in [-0.39, 0.29) is 29.7 Å². The van der Waals surface area contributed by atoms with E-state index >= 15 is 0 Å². The summed E-state index contributed by atoms with van der Waals surface area (Å²) >= 11 is 0. The Morgan fingerprint density at radius 3 is 2.88 bits per heavy atom. The Morgan fingerprint density at radius 2 is 2.09 bits per heavy atom. The average Bonchev–Trinajstić information content (AvgIpc) is 3.55. The Bertz CT molecular complexity index is 1450. The van der Waals surface area contributed by atoms with Gasteiger partial charge >= 0.3 is 5.95 Å². The van der Waals surface area contributed by atoms with Crippen LogP contribution >= 0.6 is 0 Å². The molecule has 2 aliphatic carbocycles. The third-order valence-corrected chi connectivity index (χ3v) is 8.34. The van der Waals surface area contributed by atoms with Gasteiger partial charge in [-0.3, -0.25) is 14.4 Å². The van der Waals surface area contributed by atoms with E-state index in [9.17, 15) is 13.2 Å². The third-order valence-electron chi connectivity index (χ3n) is 7.16. The first-order chi connectivity index (χ1) is 16.3. The van der Waals surface area contributed by atoms with Gasteiger partial charge in [0.25, 0.3) is 0 Å². The van der Waals surface area contributed by atoms with Crippen molar-refractivity contribution in [3.05, 3.63) is 48.2 Å². The molecule has 1 fully saturated rings. The fourth-order valence-corrected chi connectivity index (χ4v) is 6.62. The lowest BCUT2D eigenvalue weighted by Gasteiger charge is -2.25. The van der Waals surface area contributed by atoms with Crippen LogP contribution in [0.25, 0.3) is 11.0 Å². The highest BCUT2D eigenvalue weighted by Crippen LogP contribution is 2.45. The Balaban J connectivity index is 1.30. The minimum absolute atomic E-state index is 0.0842. The van der Waals surface area contributed by atoms with E-state index in [1.165, 1.54) is 10.6 Å². The predicted molar refractivity (Wildman–Crippen MR) is 129 cm³/mol. The fourth-order valence-electron chi connectivity index (χ4n) is 5.66. The van der Waals surface area contributed by atoms with Gasteiger partial charge in [0.15, 0.2) is 0 Å². The van der Waals surface area contributed by atoms with Gasteiger partial charge in [0.2, 0.25) is 27.4 Å². The summed E-state index contributed by atoms with van der Waals surface area (Å²) in [6, 6.07) is 7.46. The molecule has 1 aliphatic heterocycles. The molecular formula is C23H26N7O3S+. The highest BCUT2D eigenvalue weighted by Gasteiger charge is 2.49. The topological polar surface area (TPSA) is 147 Å². The maximum atomic E-state index is 12.2. The number of allylic oxidation sites excluding steroid dienone is 1. The van der Waals surface area contributed by atoms with Crippen LogP contribution in [0, 0.1) is 17.8 Å². The second kappa shape index (κ2) is 7.45. The van der Waals surface area contributed by atoms with Crippen molar-refractivity contribution in [3.8, 4) is 0 Å². The molecule has 176 valence electrons. The molecule has 3 aromatic rings. The van der Waals surface area contributed by atoms with Crippen LogP contribution in [-0.4, -0.2) is 43.1 Å². The molecule has 34 heavy (non-hydrogen) atoms. The molecule has 10 nitrogen and oxygen atoms in total. The molecule has 3 aliphatic rings. The number of benzene rings is 1. The number of rotatable bonds is 6. The second-order valence-corrected chi connectivity index (χ2v) is 11.2. The standard InChI is InChI=1S/C23H25N7O3S/c1-34(32,33)30-9-7-12-11-15(4-5-17(12)30)26-23-28-21-16(6-8-25-21)22(29-23)27-19-14-3-2-13(10-14)18(19)20(24)31/h2-6,8,11,13-14,18-19H,7,9-10H2,1H3,(H2,24,31)(H3,25,26,27,28,29)/p+1. The summed E-state index contributed by atoms with van der Waals surface area (Å²) in [4.78, 5) is 23.3. The Morgan fingerprint density at radius 1 is 1.26 bits per heavy atom. The molecule has 0 radical (unpaired) electrons. The number of amides is 1. The van der Waals surface area contributed by atoms with Crippen molar-refractivity contribution in [2.75, 3.05) is 27.7 Å². The van der Waals surface area contributed by atoms with Crippen LogP contribution in [0.1, 0.15) is 12.0 Å². The molecule has 11 heteroatoms. The Kier molecular flexibility index (Phi) is 4.60. The quantitative estimate of drug-likeness (QED) is 0.393. The van der Waals surface area contributed by atoms with Crippen molar-refractivity contribution in [2.45, 2.75) is 18.9 Å². The average molecular weight is 481 g/mol. The first kappa shape index (κ1) is 21.0. The molecular weight excluding hydrogens is 454 g/mol. The van der Waals surface area contributed by atoms with Gasteiger partial charge in [0.1, 0.15) is 0 Å². The van der Waals surface area contributed by atoms with Crippen molar-refractivity contribution >= 4 is 50.1 Å². The third kappa shape index (κ3) is 3.38. The zero-order valence-electron chi connectivity index (χ0n) is 18.6. The number of nitrogens with one attached hydrogen (secondary N) is 4. The number of H-pyrrole nitrogens is 2. The van der Waals surface area contributed by atoms with E-state index in [1.807, 2.05) is 30.5 Å². The molecule has 1 amide bonds. The van der Waals surface area contributed by atoms with Crippen LogP contribution < -0.4 is 25.7 Å². The van der Waals surface area contributed by atoms with Crippen LogP contribution in [0.3, 0.4) is 0 Å². The first-order valence-corrected chi connectivity index (χ1v) is 13.1. The minimum Gasteiger partial charge on any atom is -0.369 e. The monoisotopic (exact) mass is 480 g/mol. The van der Waals surface area contributed by atoms with Gasteiger partial charge in [-0.2, -0.15) is 0 Å². The second-order valence-electron chi connectivity index (χ2n) is 9.30. The number of anilines is 4. The molecule has 0 spiro atoms. The van der Waals surface area contributed by atoms with Gasteiger partial charge in [0.05, 0.1) is 35.0 Å². The molecule has 4 atom stereocenters. The van der Waals surface area contributed by atoms with Crippen molar-refractivity contribution in [1.82, 2.24) is 9.97 Å². The van der Waals surface area contributed by atoms with Crippen LogP contribution in [-0.2, 0) is 21.2 Å². The van der Waals surface area contributed by atoms with E-state index in [2.05, 4.69) is 37.7 Å². The van der Waals surface area contributed by atoms with E-state index in [0.29, 0.717) is 30.2 Å². The normalized spacial score (nSPS) is 25.1. The van der Waals surface area contributed by atoms with Gasteiger partial charge < -0.3 is 16.0 Å². The lowest BCUT2D eigenvalue weighted by Crippen LogP contribution is -2.42. The number of carbonyl (C=O) groups is 1. The molecule has 2 bridgehead atoms. The lowest BCUT2D eigenvalue weighted by molar-refractivity contribution is -0.346. The van der Waals surface area contributed by atoms with Crippen molar-refractivity contribution in [2.24, 2.45) is 23.5 Å². The zero-order chi connectivity index (χ0) is 23.6. The maximum Gasteiger partial charge on any atom is 0.351 e. The summed E-state index contributed by atoms with van der Waals surface area (Å²) in [5.41, 5.74) is 8.92. The summed E-state index contributed by atoms with van der Waals surface area (Å²) < 4.78 is 25.5. The van der Waals surface area contributed by atoms with E-state index < -0.39 is 10.0 Å². The van der Waals surface area contributed by atoms with Gasteiger partial charge in [-0.15, -0.1) is 0 Å². The van der Waals surface area contributed by atoms with Crippen LogP contribution in [0.5, 0.6) is 0 Å². The number of aromatic amines is 2. The molecule has 1 saturated carbocycles. The van der Waals surface area contributed by atoms with Gasteiger partial charge in [-0.25, -0.2) is 13.4 Å². The number of sulfonamides is 1.